The summed E-state index contributed by atoms with van der Waals surface area (Å²) < 4.78 is 11.0. The lowest BCUT2D eigenvalue weighted by Crippen LogP contribution is -2.51. The molecule has 6 nitrogen and oxygen atoms in total. The van der Waals surface area contributed by atoms with E-state index < -0.39 is 12.0 Å². The summed E-state index contributed by atoms with van der Waals surface area (Å²) in [5, 5.41) is 0. The van der Waals surface area contributed by atoms with Crippen molar-refractivity contribution in [2.24, 2.45) is 0 Å². The first-order valence-electron chi connectivity index (χ1n) is 7.37. The van der Waals surface area contributed by atoms with Gasteiger partial charge in [0.25, 0.3) is 5.91 Å². The Hall–Kier alpha value is -2.67. The predicted molar refractivity (Wildman–Crippen MR) is 89.8 cm³/mol. The van der Waals surface area contributed by atoms with E-state index >= 15 is 0 Å². The van der Waals surface area contributed by atoms with Crippen LogP contribution in [-0.2, 0) is 9.59 Å². The number of thioether (sulfide) groups is 1. The lowest BCUT2D eigenvalue weighted by molar-refractivity contribution is -0.134. The number of ether oxygens (including phenoxy) is 2. The molecule has 7 heteroatoms. The highest BCUT2D eigenvalue weighted by molar-refractivity contribution is 8.00. The number of rotatable bonds is 4. The average Bonchev–Trinajstić information content (AvgIpc) is 2.65. The lowest BCUT2D eigenvalue weighted by Gasteiger charge is -2.25. The van der Waals surface area contributed by atoms with E-state index in [1.54, 1.807) is 18.2 Å². The van der Waals surface area contributed by atoms with Crippen molar-refractivity contribution in [3.63, 3.8) is 0 Å². The molecular formula is C17H16N2O4S. The molecule has 1 atom stereocenters. The molecule has 1 heterocycles. The van der Waals surface area contributed by atoms with E-state index in [1.165, 1.54) is 11.8 Å². The van der Waals surface area contributed by atoms with Crippen LogP contribution in [0.15, 0.2) is 59.5 Å². The van der Waals surface area contributed by atoms with Gasteiger partial charge in [-0.15, -0.1) is 11.8 Å². The van der Waals surface area contributed by atoms with E-state index in [-0.39, 0.29) is 18.3 Å². The Morgan fingerprint density at radius 1 is 1.00 bits per heavy atom. The van der Waals surface area contributed by atoms with Gasteiger partial charge in [0.1, 0.15) is 6.61 Å². The monoisotopic (exact) mass is 344 g/mol. The summed E-state index contributed by atoms with van der Waals surface area (Å²) in [6.45, 7) is 0.0947. The van der Waals surface area contributed by atoms with Gasteiger partial charge in [-0.2, -0.15) is 0 Å². The molecule has 0 fully saturated rings. The fourth-order valence-electron chi connectivity index (χ4n) is 2.06. The molecule has 0 aromatic heterocycles. The number of fused-ring (bicyclic) bond motifs is 1. The molecule has 124 valence electrons. The first-order valence-corrected chi connectivity index (χ1v) is 8.36. The zero-order chi connectivity index (χ0) is 16.8. The first-order chi connectivity index (χ1) is 11.7. The highest BCUT2D eigenvalue weighted by Crippen LogP contribution is 2.30. The fraction of sp³-hybridized carbons (Fsp3) is 0.176. The summed E-state index contributed by atoms with van der Waals surface area (Å²) >= 11 is 1.39. The average molecular weight is 344 g/mol. The molecule has 2 aromatic carbocycles. The van der Waals surface area contributed by atoms with Gasteiger partial charge < -0.3 is 9.47 Å². The van der Waals surface area contributed by atoms with Crippen molar-refractivity contribution in [1.29, 1.82) is 0 Å². The van der Waals surface area contributed by atoms with Crippen LogP contribution < -0.4 is 20.3 Å². The third-order valence-electron chi connectivity index (χ3n) is 3.24. The molecule has 1 aliphatic rings. The minimum absolute atomic E-state index is 0.0947. The van der Waals surface area contributed by atoms with Gasteiger partial charge in [-0.05, 0) is 24.3 Å². The lowest BCUT2D eigenvalue weighted by atomic mass is 10.2. The molecule has 0 unspecified atom stereocenters. The van der Waals surface area contributed by atoms with E-state index in [0.29, 0.717) is 11.5 Å². The summed E-state index contributed by atoms with van der Waals surface area (Å²) in [5.41, 5.74) is 4.74. The van der Waals surface area contributed by atoms with E-state index in [1.807, 2.05) is 36.4 Å². The number of para-hydroxylation sites is 2. The Morgan fingerprint density at radius 2 is 1.71 bits per heavy atom. The van der Waals surface area contributed by atoms with Gasteiger partial charge in [0, 0.05) is 4.90 Å². The number of carbonyl (C=O) groups is 2. The maximum Gasteiger partial charge on any atom is 0.283 e. The Labute approximate surface area is 143 Å². The largest absolute Gasteiger partial charge is 0.485 e. The standard InChI is InChI=1S/C17H16N2O4S/c20-16(11-24-12-6-2-1-3-7-12)18-19-17(21)15-10-22-13-8-4-5-9-14(13)23-15/h1-9,15H,10-11H2,(H,18,20)(H,19,21)/t15-/m1/s1. The number of carbonyl (C=O) groups excluding carboxylic acids is 2. The van der Waals surface area contributed by atoms with E-state index in [4.69, 9.17) is 9.47 Å². The van der Waals surface area contributed by atoms with Crippen LogP contribution in [0.5, 0.6) is 11.5 Å². The van der Waals surface area contributed by atoms with Crippen LogP contribution in [0.3, 0.4) is 0 Å². The van der Waals surface area contributed by atoms with Gasteiger partial charge in [0.2, 0.25) is 12.0 Å². The van der Waals surface area contributed by atoms with Crippen LogP contribution in [0, 0.1) is 0 Å². The normalized spacial score (nSPS) is 15.4. The second kappa shape index (κ2) is 7.74. The number of hydrogen-bond donors (Lipinski definition) is 2. The summed E-state index contributed by atoms with van der Waals surface area (Å²) in [5.74, 6) is 0.561. The predicted octanol–water partition coefficient (Wildman–Crippen LogP) is 1.77. The van der Waals surface area contributed by atoms with Crippen molar-refractivity contribution in [3.05, 3.63) is 54.6 Å². The first kappa shape index (κ1) is 16.2. The molecule has 2 N–H and O–H groups in total. The molecule has 0 saturated heterocycles. The minimum atomic E-state index is -0.804. The quantitative estimate of drug-likeness (QED) is 0.653. The molecule has 3 rings (SSSR count). The Morgan fingerprint density at radius 3 is 2.50 bits per heavy atom. The van der Waals surface area contributed by atoms with Crippen LogP contribution >= 0.6 is 11.8 Å². The van der Waals surface area contributed by atoms with Gasteiger partial charge in [-0.1, -0.05) is 30.3 Å². The van der Waals surface area contributed by atoms with Crippen LogP contribution in [-0.4, -0.2) is 30.3 Å². The molecule has 0 spiro atoms. The van der Waals surface area contributed by atoms with Gasteiger partial charge in [-0.3, -0.25) is 20.4 Å². The fourth-order valence-corrected chi connectivity index (χ4v) is 2.78. The Balaban J connectivity index is 1.43. The summed E-state index contributed by atoms with van der Waals surface area (Å²) in [6, 6.07) is 16.7. The zero-order valence-corrected chi connectivity index (χ0v) is 13.5. The highest BCUT2D eigenvalue weighted by Gasteiger charge is 2.27. The summed E-state index contributed by atoms with van der Waals surface area (Å²) in [6.07, 6.45) is -0.804. The third kappa shape index (κ3) is 4.20. The van der Waals surface area contributed by atoms with Crippen molar-refractivity contribution >= 4 is 23.6 Å². The number of hydrazine groups is 1. The maximum absolute atomic E-state index is 12.0. The smallest absolute Gasteiger partial charge is 0.283 e. The van der Waals surface area contributed by atoms with Crippen molar-refractivity contribution in [3.8, 4) is 11.5 Å². The van der Waals surface area contributed by atoms with Crippen LogP contribution in [0.25, 0.3) is 0 Å². The van der Waals surface area contributed by atoms with Crippen molar-refractivity contribution in [2.75, 3.05) is 12.4 Å². The van der Waals surface area contributed by atoms with E-state index in [9.17, 15) is 9.59 Å². The summed E-state index contributed by atoms with van der Waals surface area (Å²) in [7, 11) is 0. The molecule has 0 radical (unpaired) electrons. The minimum Gasteiger partial charge on any atom is -0.485 e. The molecule has 2 amide bonds. The molecule has 1 aliphatic heterocycles. The molecule has 2 aromatic rings. The second-order valence-corrected chi connectivity index (χ2v) is 6.05. The van der Waals surface area contributed by atoms with Crippen LogP contribution in [0.2, 0.25) is 0 Å². The zero-order valence-electron chi connectivity index (χ0n) is 12.7. The van der Waals surface area contributed by atoms with Crippen molar-refractivity contribution in [1.82, 2.24) is 10.9 Å². The number of nitrogens with one attached hydrogen (secondary N) is 2. The molecule has 0 saturated carbocycles. The SMILES string of the molecule is O=C(CSc1ccccc1)NNC(=O)[C@H]1COc2ccccc2O1. The molecular weight excluding hydrogens is 328 g/mol. The molecule has 24 heavy (non-hydrogen) atoms. The molecule has 0 bridgehead atoms. The highest BCUT2D eigenvalue weighted by atomic mass is 32.2. The second-order valence-electron chi connectivity index (χ2n) is 5.00. The van der Waals surface area contributed by atoms with Gasteiger partial charge in [-0.25, -0.2) is 0 Å². The summed E-state index contributed by atoms with van der Waals surface area (Å²) in [4.78, 5) is 24.8. The van der Waals surface area contributed by atoms with Gasteiger partial charge >= 0.3 is 0 Å². The van der Waals surface area contributed by atoms with Crippen molar-refractivity contribution < 1.29 is 19.1 Å². The number of hydrogen-bond acceptors (Lipinski definition) is 5. The van der Waals surface area contributed by atoms with Gasteiger partial charge in [0.15, 0.2) is 11.5 Å². The van der Waals surface area contributed by atoms with Gasteiger partial charge in [0.05, 0.1) is 5.75 Å². The number of amides is 2. The van der Waals surface area contributed by atoms with Crippen LogP contribution in [0.4, 0.5) is 0 Å². The topological polar surface area (TPSA) is 76.7 Å². The molecule has 0 aliphatic carbocycles. The third-order valence-corrected chi connectivity index (χ3v) is 4.25. The number of benzene rings is 2. The van der Waals surface area contributed by atoms with E-state index in [2.05, 4.69) is 10.9 Å². The maximum atomic E-state index is 12.0. The van der Waals surface area contributed by atoms with Crippen LogP contribution in [0.1, 0.15) is 0 Å². The van der Waals surface area contributed by atoms with E-state index in [0.717, 1.165) is 4.90 Å². The Bertz CT molecular complexity index is 724. The Kier molecular flexibility index (Phi) is 5.22. The van der Waals surface area contributed by atoms with Crippen molar-refractivity contribution in [2.45, 2.75) is 11.0 Å².